The van der Waals surface area contributed by atoms with Gasteiger partial charge in [0.2, 0.25) is 11.8 Å². The first-order valence-corrected chi connectivity index (χ1v) is 7.20. The largest absolute Gasteiger partial charge is 0.474 e. The molecule has 0 aliphatic carbocycles. The number of ether oxygens (including phenoxy) is 1. The van der Waals surface area contributed by atoms with Gasteiger partial charge < -0.3 is 4.74 Å². The second-order valence-corrected chi connectivity index (χ2v) is 5.25. The number of hydrogen-bond acceptors (Lipinski definition) is 4. The Labute approximate surface area is 123 Å². The van der Waals surface area contributed by atoms with E-state index in [9.17, 15) is 4.39 Å². The number of hydrogen-bond donors (Lipinski definition) is 0. The van der Waals surface area contributed by atoms with E-state index in [0.29, 0.717) is 5.88 Å². The molecule has 21 heavy (non-hydrogen) atoms. The average Bonchev–Trinajstić information content (AvgIpc) is 2.50. The number of likely N-dealkylation sites (tertiary alicyclic amines) is 1. The van der Waals surface area contributed by atoms with Crippen LogP contribution in [-0.2, 0) is 6.54 Å². The van der Waals surface area contributed by atoms with Gasteiger partial charge in [-0.2, -0.15) is 9.37 Å². The Balaban J connectivity index is 1.49. The van der Waals surface area contributed by atoms with Crippen molar-refractivity contribution >= 4 is 0 Å². The molecule has 4 nitrogen and oxygen atoms in total. The molecule has 0 amide bonds. The van der Waals surface area contributed by atoms with Crippen LogP contribution < -0.4 is 4.74 Å². The topological polar surface area (TPSA) is 38.2 Å². The van der Waals surface area contributed by atoms with Gasteiger partial charge in [0.25, 0.3) is 0 Å². The molecule has 0 spiro atoms. The molecule has 0 radical (unpaired) electrons. The van der Waals surface area contributed by atoms with Crippen molar-refractivity contribution in [1.29, 1.82) is 0 Å². The van der Waals surface area contributed by atoms with Crippen molar-refractivity contribution in [3.8, 4) is 5.88 Å². The molecule has 0 N–H and O–H groups in total. The van der Waals surface area contributed by atoms with Crippen molar-refractivity contribution in [1.82, 2.24) is 14.9 Å². The van der Waals surface area contributed by atoms with E-state index in [0.717, 1.165) is 32.5 Å². The fourth-order valence-corrected chi connectivity index (χ4v) is 2.56. The van der Waals surface area contributed by atoms with Gasteiger partial charge in [-0.05, 0) is 30.5 Å². The molecule has 110 valence electrons. The van der Waals surface area contributed by atoms with Crippen molar-refractivity contribution in [2.45, 2.75) is 25.5 Å². The Bertz CT molecular complexity index is 571. The van der Waals surface area contributed by atoms with Gasteiger partial charge in [-0.15, -0.1) is 0 Å². The lowest BCUT2D eigenvalue weighted by Crippen LogP contribution is -2.37. The van der Waals surface area contributed by atoms with E-state index < -0.39 is 5.95 Å². The molecule has 3 rings (SSSR count). The fourth-order valence-electron chi connectivity index (χ4n) is 2.56. The maximum Gasteiger partial charge on any atom is 0.216 e. The number of pyridine rings is 2. The molecule has 5 heteroatoms. The zero-order valence-electron chi connectivity index (χ0n) is 11.8. The zero-order valence-corrected chi connectivity index (χ0v) is 11.8. The van der Waals surface area contributed by atoms with E-state index in [1.807, 2.05) is 12.3 Å². The first-order valence-electron chi connectivity index (χ1n) is 7.20. The standard InChI is InChI=1S/C16H18FN3O/c17-15-4-1-5-16(19-15)21-14-6-9-20(10-7-14)12-13-3-2-8-18-11-13/h1-5,8,11,14H,6-7,9-10,12H2. The van der Waals surface area contributed by atoms with Crippen LogP contribution in [0, 0.1) is 5.95 Å². The van der Waals surface area contributed by atoms with E-state index in [2.05, 4.69) is 20.9 Å². The lowest BCUT2D eigenvalue weighted by atomic mass is 10.1. The Kier molecular flexibility index (Phi) is 4.40. The summed E-state index contributed by atoms with van der Waals surface area (Å²) in [7, 11) is 0. The molecule has 1 aliphatic heterocycles. The first-order chi connectivity index (χ1) is 10.3. The summed E-state index contributed by atoms with van der Waals surface area (Å²) in [4.78, 5) is 10.3. The van der Waals surface area contributed by atoms with Crippen LogP contribution in [0.15, 0.2) is 42.7 Å². The van der Waals surface area contributed by atoms with Crippen molar-refractivity contribution in [3.63, 3.8) is 0 Å². The second-order valence-electron chi connectivity index (χ2n) is 5.25. The SMILES string of the molecule is Fc1cccc(OC2CCN(Cc3cccnc3)CC2)n1. The lowest BCUT2D eigenvalue weighted by Gasteiger charge is -2.31. The zero-order chi connectivity index (χ0) is 14.5. The summed E-state index contributed by atoms with van der Waals surface area (Å²) < 4.78 is 18.8. The monoisotopic (exact) mass is 287 g/mol. The van der Waals surface area contributed by atoms with Crippen LogP contribution in [0.4, 0.5) is 4.39 Å². The summed E-state index contributed by atoms with van der Waals surface area (Å²) in [5.74, 6) is -0.123. The molecule has 0 atom stereocenters. The number of piperidine rings is 1. The minimum Gasteiger partial charge on any atom is -0.474 e. The maximum atomic E-state index is 13.0. The van der Waals surface area contributed by atoms with Crippen LogP contribution in [0.1, 0.15) is 18.4 Å². The molecule has 2 aromatic rings. The van der Waals surface area contributed by atoms with Gasteiger partial charge in [0.05, 0.1) is 0 Å². The summed E-state index contributed by atoms with van der Waals surface area (Å²) in [5.41, 5.74) is 1.23. The second kappa shape index (κ2) is 6.63. The highest BCUT2D eigenvalue weighted by molar-refractivity contribution is 5.11. The van der Waals surface area contributed by atoms with Crippen LogP contribution in [-0.4, -0.2) is 34.1 Å². The predicted octanol–water partition coefficient (Wildman–Crippen LogP) is 2.66. The predicted molar refractivity (Wildman–Crippen MR) is 77.4 cm³/mol. The van der Waals surface area contributed by atoms with Gasteiger partial charge in [-0.25, -0.2) is 0 Å². The molecular formula is C16H18FN3O. The van der Waals surface area contributed by atoms with Crippen LogP contribution in [0.3, 0.4) is 0 Å². The third-order valence-electron chi connectivity index (χ3n) is 3.64. The smallest absolute Gasteiger partial charge is 0.216 e. The van der Waals surface area contributed by atoms with Crippen LogP contribution in [0.25, 0.3) is 0 Å². The summed E-state index contributed by atoms with van der Waals surface area (Å²) >= 11 is 0. The Morgan fingerprint density at radius 1 is 1.19 bits per heavy atom. The normalized spacial score (nSPS) is 16.8. The molecule has 0 unspecified atom stereocenters. The summed E-state index contributed by atoms with van der Waals surface area (Å²) in [6.45, 7) is 2.85. The van der Waals surface area contributed by atoms with Crippen molar-refractivity contribution in [2.24, 2.45) is 0 Å². The number of halogens is 1. The van der Waals surface area contributed by atoms with E-state index in [1.54, 1.807) is 18.3 Å². The summed E-state index contributed by atoms with van der Waals surface area (Å²) in [5, 5.41) is 0. The van der Waals surface area contributed by atoms with Crippen LogP contribution in [0.2, 0.25) is 0 Å². The molecule has 0 bridgehead atoms. The Hall–Kier alpha value is -2.01. The van der Waals surface area contributed by atoms with E-state index in [4.69, 9.17) is 4.74 Å². The Morgan fingerprint density at radius 3 is 2.76 bits per heavy atom. The third-order valence-corrected chi connectivity index (χ3v) is 3.64. The third kappa shape index (κ3) is 3.98. The van der Waals surface area contributed by atoms with Gasteiger partial charge in [-0.3, -0.25) is 9.88 Å². The minimum atomic E-state index is -0.499. The molecule has 0 saturated carbocycles. The van der Waals surface area contributed by atoms with Gasteiger partial charge >= 0.3 is 0 Å². The maximum absolute atomic E-state index is 13.0. The molecule has 1 aliphatic rings. The first kappa shape index (κ1) is 13.9. The quantitative estimate of drug-likeness (QED) is 0.810. The highest BCUT2D eigenvalue weighted by Crippen LogP contribution is 2.18. The number of nitrogens with zero attached hydrogens (tertiary/aromatic N) is 3. The number of aromatic nitrogens is 2. The molecular weight excluding hydrogens is 269 g/mol. The van der Waals surface area contributed by atoms with Crippen LogP contribution >= 0.6 is 0 Å². The Morgan fingerprint density at radius 2 is 2.05 bits per heavy atom. The molecule has 0 aromatic carbocycles. The molecule has 3 heterocycles. The molecule has 1 saturated heterocycles. The lowest BCUT2D eigenvalue weighted by molar-refractivity contribution is 0.0924. The van der Waals surface area contributed by atoms with E-state index in [1.165, 1.54) is 11.6 Å². The highest BCUT2D eigenvalue weighted by atomic mass is 19.1. The summed E-state index contributed by atoms with van der Waals surface area (Å²) in [6, 6.07) is 8.69. The minimum absolute atomic E-state index is 0.115. The van der Waals surface area contributed by atoms with E-state index >= 15 is 0 Å². The molecule has 2 aromatic heterocycles. The number of rotatable bonds is 4. The van der Waals surface area contributed by atoms with E-state index in [-0.39, 0.29) is 6.10 Å². The van der Waals surface area contributed by atoms with Crippen molar-refractivity contribution < 1.29 is 9.13 Å². The van der Waals surface area contributed by atoms with Gasteiger partial charge in [-0.1, -0.05) is 12.1 Å². The summed E-state index contributed by atoms with van der Waals surface area (Å²) in [6.07, 6.45) is 5.66. The van der Waals surface area contributed by atoms with Gasteiger partial charge in [0, 0.05) is 38.1 Å². The average molecular weight is 287 g/mol. The van der Waals surface area contributed by atoms with Crippen LogP contribution in [0.5, 0.6) is 5.88 Å². The van der Waals surface area contributed by atoms with Crippen molar-refractivity contribution in [2.75, 3.05) is 13.1 Å². The fraction of sp³-hybridized carbons (Fsp3) is 0.375. The van der Waals surface area contributed by atoms with Crippen molar-refractivity contribution in [3.05, 3.63) is 54.2 Å². The highest BCUT2D eigenvalue weighted by Gasteiger charge is 2.21. The molecule has 1 fully saturated rings. The van der Waals surface area contributed by atoms with Gasteiger partial charge in [0.1, 0.15) is 6.10 Å². The van der Waals surface area contributed by atoms with Gasteiger partial charge in [0.15, 0.2) is 0 Å².